The first-order valence-corrected chi connectivity index (χ1v) is 6.16. The Morgan fingerprint density at radius 1 is 1.07 bits per heavy atom. The van der Waals surface area contributed by atoms with Gasteiger partial charge in [0.1, 0.15) is 0 Å². The molecule has 84 valence electrons. The molecule has 14 heavy (non-hydrogen) atoms. The average Bonchev–Trinajstić information content (AvgIpc) is 2.01. The van der Waals surface area contributed by atoms with Gasteiger partial charge in [-0.25, -0.2) is 0 Å². The molecule has 2 atom stereocenters. The third kappa shape index (κ3) is 3.61. The SMILES string of the molecule is C[C@@H]1CCC[C@H](C)N1CCC(C)(C)C. The summed E-state index contributed by atoms with van der Waals surface area (Å²) in [7, 11) is 0. The fraction of sp³-hybridized carbons (Fsp3) is 1.00. The lowest BCUT2D eigenvalue weighted by atomic mass is 9.90. The van der Waals surface area contributed by atoms with E-state index in [0.717, 1.165) is 12.1 Å². The van der Waals surface area contributed by atoms with E-state index in [4.69, 9.17) is 0 Å². The van der Waals surface area contributed by atoms with Crippen LogP contribution in [0.2, 0.25) is 0 Å². The topological polar surface area (TPSA) is 3.24 Å². The molecule has 0 aromatic carbocycles. The van der Waals surface area contributed by atoms with Crippen LogP contribution in [-0.4, -0.2) is 23.5 Å². The van der Waals surface area contributed by atoms with Crippen molar-refractivity contribution in [2.75, 3.05) is 6.54 Å². The first-order valence-electron chi connectivity index (χ1n) is 6.16. The van der Waals surface area contributed by atoms with Crippen molar-refractivity contribution in [3.8, 4) is 0 Å². The Labute approximate surface area is 89.9 Å². The zero-order valence-electron chi connectivity index (χ0n) is 10.6. The third-order valence-electron chi connectivity index (χ3n) is 3.50. The molecule has 1 nitrogen and oxygen atoms in total. The molecule has 1 heteroatoms. The van der Waals surface area contributed by atoms with Gasteiger partial charge in [-0.1, -0.05) is 27.2 Å². The zero-order chi connectivity index (χ0) is 10.8. The Kier molecular flexibility index (Phi) is 4.00. The first kappa shape index (κ1) is 12.0. The second-order valence-electron chi connectivity index (χ2n) is 6.18. The maximum atomic E-state index is 2.70. The monoisotopic (exact) mass is 197 g/mol. The molecule has 0 aromatic rings. The van der Waals surface area contributed by atoms with Gasteiger partial charge in [0.25, 0.3) is 0 Å². The minimum absolute atomic E-state index is 0.483. The summed E-state index contributed by atoms with van der Waals surface area (Å²) in [5.41, 5.74) is 0.483. The molecule has 1 fully saturated rings. The number of nitrogens with zero attached hydrogens (tertiary/aromatic N) is 1. The smallest absolute Gasteiger partial charge is 0.00697 e. The summed E-state index contributed by atoms with van der Waals surface area (Å²) in [4.78, 5) is 2.70. The van der Waals surface area contributed by atoms with Crippen LogP contribution in [-0.2, 0) is 0 Å². The maximum Gasteiger partial charge on any atom is 0.00697 e. The molecule has 0 saturated carbocycles. The van der Waals surface area contributed by atoms with Gasteiger partial charge in [-0.15, -0.1) is 0 Å². The number of hydrogen-bond acceptors (Lipinski definition) is 1. The highest BCUT2D eigenvalue weighted by molar-refractivity contribution is 4.80. The normalized spacial score (nSPS) is 30.6. The van der Waals surface area contributed by atoms with Crippen molar-refractivity contribution < 1.29 is 0 Å². The molecule has 1 aliphatic heterocycles. The number of rotatable bonds is 2. The molecule has 1 heterocycles. The minimum atomic E-state index is 0.483. The zero-order valence-corrected chi connectivity index (χ0v) is 10.6. The molecule has 0 bridgehead atoms. The molecule has 1 saturated heterocycles. The fourth-order valence-corrected chi connectivity index (χ4v) is 2.38. The van der Waals surface area contributed by atoms with Crippen LogP contribution in [0.15, 0.2) is 0 Å². The van der Waals surface area contributed by atoms with Gasteiger partial charge in [-0.05, 0) is 45.1 Å². The van der Waals surface area contributed by atoms with Gasteiger partial charge in [0.2, 0.25) is 0 Å². The Hall–Kier alpha value is -0.0400. The van der Waals surface area contributed by atoms with Gasteiger partial charge in [-0.3, -0.25) is 4.90 Å². The quantitative estimate of drug-likeness (QED) is 0.652. The van der Waals surface area contributed by atoms with Crippen molar-refractivity contribution in [2.24, 2.45) is 5.41 Å². The van der Waals surface area contributed by atoms with Crippen LogP contribution in [0, 0.1) is 5.41 Å². The van der Waals surface area contributed by atoms with E-state index >= 15 is 0 Å². The van der Waals surface area contributed by atoms with Crippen molar-refractivity contribution in [3.63, 3.8) is 0 Å². The molecule has 1 rings (SSSR count). The van der Waals surface area contributed by atoms with E-state index in [9.17, 15) is 0 Å². The summed E-state index contributed by atoms with van der Waals surface area (Å²) in [6, 6.07) is 1.61. The van der Waals surface area contributed by atoms with E-state index in [1.165, 1.54) is 32.2 Å². The lowest BCUT2D eigenvalue weighted by molar-refractivity contribution is 0.0896. The lowest BCUT2D eigenvalue weighted by Crippen LogP contribution is -2.44. The Balaban J connectivity index is 2.40. The van der Waals surface area contributed by atoms with Gasteiger partial charge < -0.3 is 0 Å². The molecule has 0 unspecified atom stereocenters. The van der Waals surface area contributed by atoms with E-state index < -0.39 is 0 Å². The van der Waals surface area contributed by atoms with Crippen LogP contribution in [0.5, 0.6) is 0 Å². The molecular formula is C13H27N. The Morgan fingerprint density at radius 2 is 1.57 bits per heavy atom. The van der Waals surface area contributed by atoms with Crippen LogP contribution in [0.4, 0.5) is 0 Å². The Morgan fingerprint density at radius 3 is 2.00 bits per heavy atom. The van der Waals surface area contributed by atoms with Crippen molar-refractivity contribution in [2.45, 2.75) is 72.4 Å². The van der Waals surface area contributed by atoms with E-state index in [1.807, 2.05) is 0 Å². The lowest BCUT2D eigenvalue weighted by Gasteiger charge is -2.40. The van der Waals surface area contributed by atoms with E-state index in [-0.39, 0.29) is 0 Å². The van der Waals surface area contributed by atoms with Gasteiger partial charge in [0.05, 0.1) is 0 Å². The highest BCUT2D eigenvalue weighted by Gasteiger charge is 2.25. The summed E-state index contributed by atoms with van der Waals surface area (Å²) in [6.07, 6.45) is 5.54. The average molecular weight is 197 g/mol. The van der Waals surface area contributed by atoms with Crippen LogP contribution < -0.4 is 0 Å². The fourth-order valence-electron chi connectivity index (χ4n) is 2.38. The molecular weight excluding hydrogens is 170 g/mol. The second-order valence-corrected chi connectivity index (χ2v) is 6.18. The molecule has 0 aromatic heterocycles. The summed E-state index contributed by atoms with van der Waals surface area (Å²) >= 11 is 0. The van der Waals surface area contributed by atoms with Gasteiger partial charge in [0, 0.05) is 12.1 Å². The van der Waals surface area contributed by atoms with Crippen LogP contribution >= 0.6 is 0 Å². The minimum Gasteiger partial charge on any atom is -0.298 e. The van der Waals surface area contributed by atoms with Crippen molar-refractivity contribution in [1.29, 1.82) is 0 Å². The van der Waals surface area contributed by atoms with Crippen molar-refractivity contribution >= 4 is 0 Å². The molecule has 0 radical (unpaired) electrons. The van der Waals surface area contributed by atoms with Crippen LogP contribution in [0.25, 0.3) is 0 Å². The molecule has 0 amide bonds. The second kappa shape index (κ2) is 4.65. The van der Waals surface area contributed by atoms with Crippen molar-refractivity contribution in [1.82, 2.24) is 4.90 Å². The van der Waals surface area contributed by atoms with E-state index in [2.05, 4.69) is 39.5 Å². The number of piperidine rings is 1. The molecule has 0 spiro atoms. The summed E-state index contributed by atoms with van der Waals surface area (Å²) in [5, 5.41) is 0. The first-order chi connectivity index (χ1) is 6.40. The highest BCUT2D eigenvalue weighted by Crippen LogP contribution is 2.26. The molecule has 0 aliphatic carbocycles. The number of hydrogen-bond donors (Lipinski definition) is 0. The summed E-state index contributed by atoms with van der Waals surface area (Å²) in [6.45, 7) is 13.1. The van der Waals surface area contributed by atoms with Gasteiger partial charge in [0.15, 0.2) is 0 Å². The maximum absolute atomic E-state index is 2.70. The van der Waals surface area contributed by atoms with Gasteiger partial charge in [-0.2, -0.15) is 0 Å². The molecule has 0 N–H and O–H groups in total. The third-order valence-corrected chi connectivity index (χ3v) is 3.50. The summed E-state index contributed by atoms with van der Waals surface area (Å²) in [5.74, 6) is 0. The Bertz CT molecular complexity index is 159. The standard InChI is InChI=1S/C13H27N/c1-11-7-6-8-12(2)14(11)10-9-13(3,4)5/h11-12H,6-10H2,1-5H3/t11-,12+. The molecule has 1 aliphatic rings. The predicted molar refractivity (Wildman–Crippen MR) is 63.6 cm³/mol. The highest BCUT2D eigenvalue weighted by atomic mass is 15.2. The summed E-state index contributed by atoms with van der Waals surface area (Å²) < 4.78 is 0. The van der Waals surface area contributed by atoms with Gasteiger partial charge >= 0.3 is 0 Å². The van der Waals surface area contributed by atoms with E-state index in [0.29, 0.717) is 5.41 Å². The largest absolute Gasteiger partial charge is 0.298 e. The van der Waals surface area contributed by atoms with E-state index in [1.54, 1.807) is 0 Å². The predicted octanol–water partition coefficient (Wildman–Crippen LogP) is 3.69. The number of likely N-dealkylation sites (tertiary alicyclic amines) is 1. The van der Waals surface area contributed by atoms with Crippen LogP contribution in [0.3, 0.4) is 0 Å². The van der Waals surface area contributed by atoms with Crippen LogP contribution in [0.1, 0.15) is 60.3 Å². The van der Waals surface area contributed by atoms with Crippen molar-refractivity contribution in [3.05, 3.63) is 0 Å².